The van der Waals surface area contributed by atoms with E-state index in [4.69, 9.17) is 11.6 Å². The van der Waals surface area contributed by atoms with Crippen molar-refractivity contribution in [3.05, 3.63) is 98.3 Å². The lowest BCUT2D eigenvalue weighted by Crippen LogP contribution is -2.43. The number of aliphatic hydroxyl groups excluding tert-OH is 1. The zero-order valence-corrected chi connectivity index (χ0v) is 20.5. The number of carbonyl (C=O) groups excluding carboxylic acids is 1. The van der Waals surface area contributed by atoms with Crippen molar-refractivity contribution in [2.45, 2.75) is 37.6 Å². The van der Waals surface area contributed by atoms with Crippen LogP contribution in [0.25, 0.3) is 16.8 Å². The van der Waals surface area contributed by atoms with Gasteiger partial charge in [-0.25, -0.2) is 13.2 Å². The van der Waals surface area contributed by atoms with Gasteiger partial charge < -0.3 is 19.8 Å². The Labute approximate surface area is 214 Å². The van der Waals surface area contributed by atoms with Crippen molar-refractivity contribution in [3.8, 4) is 11.3 Å². The van der Waals surface area contributed by atoms with Crippen molar-refractivity contribution in [1.29, 1.82) is 0 Å². The average Bonchev–Trinajstić information content (AvgIpc) is 3.63. The van der Waals surface area contributed by atoms with Gasteiger partial charge in [-0.15, -0.1) is 0 Å². The molecule has 10 heteroatoms. The molecule has 6 nitrogen and oxygen atoms in total. The largest absolute Gasteiger partial charge is 0.390 e. The molecule has 192 valence electrons. The summed E-state index contributed by atoms with van der Waals surface area (Å²) < 4.78 is 44.3. The Bertz CT molecular complexity index is 1560. The Balaban J connectivity index is 1.58. The fourth-order valence-corrected chi connectivity index (χ4v) is 4.66. The van der Waals surface area contributed by atoms with Crippen LogP contribution < -0.4 is 10.9 Å². The molecule has 1 atom stereocenters. The number of aryl methyl sites for hydroxylation is 1. The number of benzene rings is 2. The summed E-state index contributed by atoms with van der Waals surface area (Å²) >= 11 is 6.12. The maximum Gasteiger partial charge on any atom is 0.294 e. The third kappa shape index (κ3) is 4.76. The SMILES string of the molecule is Cc1cc(-c2cn3cc(C(=O)N[C@@H](c4ccc(F)cc4)C(F)(F)CO)c(C4CC4)c3c(=O)[nH]2)ccc1Cl. The number of nitrogens with zero attached hydrogens (tertiary/aromatic N) is 1. The van der Waals surface area contributed by atoms with Gasteiger partial charge in [0, 0.05) is 17.4 Å². The number of fused-ring (bicyclic) bond motifs is 1. The van der Waals surface area contributed by atoms with Crippen molar-refractivity contribution in [2.24, 2.45) is 0 Å². The minimum Gasteiger partial charge on any atom is -0.390 e. The molecular formula is C27H23ClF3N3O3. The summed E-state index contributed by atoms with van der Waals surface area (Å²) in [6, 6.07) is 7.66. The van der Waals surface area contributed by atoms with Crippen LogP contribution in [0.5, 0.6) is 0 Å². The smallest absolute Gasteiger partial charge is 0.294 e. The summed E-state index contributed by atoms with van der Waals surface area (Å²) in [6.45, 7) is 0.317. The van der Waals surface area contributed by atoms with Crippen LogP contribution in [0.15, 0.2) is 59.7 Å². The first kappa shape index (κ1) is 25.1. The molecule has 1 aliphatic carbocycles. The number of carbonyl (C=O) groups is 1. The molecule has 0 bridgehead atoms. The Kier molecular flexibility index (Phi) is 6.37. The van der Waals surface area contributed by atoms with Gasteiger partial charge in [-0.05, 0) is 72.2 Å². The molecule has 1 saturated carbocycles. The molecule has 1 aliphatic rings. The van der Waals surface area contributed by atoms with E-state index in [9.17, 15) is 27.9 Å². The van der Waals surface area contributed by atoms with E-state index in [0.717, 1.165) is 42.7 Å². The number of aromatic amines is 1. The molecule has 5 rings (SSSR count). The van der Waals surface area contributed by atoms with E-state index in [1.807, 2.05) is 13.0 Å². The standard InChI is InChI=1S/C27H23ClF3N3O3/c1-14-10-17(6-9-20(14)28)21-12-34-11-19(22(15-2-3-15)23(34)26(37)32-21)25(36)33-24(27(30,31)13-35)16-4-7-18(29)8-5-16/h4-12,15,24,35H,2-3,13H2,1H3,(H,32,37)(H,33,36)/t24-/m0/s1. The molecule has 0 spiro atoms. The van der Waals surface area contributed by atoms with E-state index < -0.39 is 35.9 Å². The number of nitrogens with one attached hydrogen (secondary N) is 2. The first-order valence-electron chi connectivity index (χ1n) is 11.7. The number of alkyl halides is 2. The topological polar surface area (TPSA) is 86.6 Å². The van der Waals surface area contributed by atoms with E-state index in [1.165, 1.54) is 10.6 Å². The molecule has 3 N–H and O–H groups in total. The number of H-pyrrole nitrogens is 1. The molecule has 0 aliphatic heterocycles. The van der Waals surface area contributed by atoms with E-state index in [2.05, 4.69) is 10.3 Å². The molecule has 1 amide bonds. The quantitative estimate of drug-likeness (QED) is 0.301. The van der Waals surface area contributed by atoms with E-state index in [1.54, 1.807) is 18.3 Å². The number of aromatic nitrogens is 2. The van der Waals surface area contributed by atoms with Crippen LogP contribution in [-0.2, 0) is 0 Å². The summed E-state index contributed by atoms with van der Waals surface area (Å²) in [5.41, 5.74) is 2.41. The van der Waals surface area contributed by atoms with Crippen LogP contribution in [0.1, 0.15) is 51.8 Å². The first-order valence-corrected chi connectivity index (χ1v) is 12.1. The van der Waals surface area contributed by atoms with Crippen LogP contribution in [0.3, 0.4) is 0 Å². The predicted octanol–water partition coefficient (Wildman–Crippen LogP) is 5.37. The van der Waals surface area contributed by atoms with Gasteiger partial charge in [0.15, 0.2) is 0 Å². The molecule has 0 saturated heterocycles. The second kappa shape index (κ2) is 9.39. The van der Waals surface area contributed by atoms with Gasteiger partial charge in [-0.2, -0.15) is 0 Å². The highest BCUT2D eigenvalue weighted by atomic mass is 35.5. The van der Waals surface area contributed by atoms with Crippen LogP contribution >= 0.6 is 11.6 Å². The Morgan fingerprint density at radius 3 is 2.54 bits per heavy atom. The molecule has 37 heavy (non-hydrogen) atoms. The summed E-state index contributed by atoms with van der Waals surface area (Å²) in [4.78, 5) is 29.4. The summed E-state index contributed by atoms with van der Waals surface area (Å²) in [6.07, 6.45) is 4.64. The summed E-state index contributed by atoms with van der Waals surface area (Å²) in [7, 11) is 0. The minimum atomic E-state index is -3.72. The Hall–Kier alpha value is -3.56. The lowest BCUT2D eigenvalue weighted by Gasteiger charge is -2.26. The monoisotopic (exact) mass is 529 g/mol. The van der Waals surface area contributed by atoms with Gasteiger partial charge in [-0.3, -0.25) is 9.59 Å². The highest BCUT2D eigenvalue weighted by Crippen LogP contribution is 2.44. The van der Waals surface area contributed by atoms with Gasteiger partial charge >= 0.3 is 0 Å². The predicted molar refractivity (Wildman–Crippen MR) is 134 cm³/mol. The first-order chi connectivity index (χ1) is 17.6. The average molecular weight is 530 g/mol. The second-order valence-electron chi connectivity index (χ2n) is 9.32. The maximum absolute atomic E-state index is 14.7. The molecule has 2 heterocycles. The molecule has 0 unspecified atom stereocenters. The van der Waals surface area contributed by atoms with E-state index in [-0.39, 0.29) is 22.6 Å². The normalized spacial score (nSPS) is 14.6. The van der Waals surface area contributed by atoms with E-state index in [0.29, 0.717) is 21.8 Å². The van der Waals surface area contributed by atoms with Crippen LogP contribution in [0.2, 0.25) is 5.02 Å². The minimum absolute atomic E-state index is 0.0573. The van der Waals surface area contributed by atoms with Gasteiger partial charge in [0.1, 0.15) is 24.0 Å². The van der Waals surface area contributed by atoms with Crippen molar-refractivity contribution in [3.63, 3.8) is 0 Å². The van der Waals surface area contributed by atoms with Gasteiger partial charge in [-0.1, -0.05) is 29.8 Å². The number of rotatable bonds is 7. The number of aliphatic hydroxyl groups is 1. The summed E-state index contributed by atoms with van der Waals surface area (Å²) in [5, 5.41) is 12.2. The molecule has 4 aromatic rings. The lowest BCUT2D eigenvalue weighted by molar-refractivity contribution is -0.0785. The maximum atomic E-state index is 14.7. The van der Waals surface area contributed by atoms with Crippen LogP contribution in [-0.4, -0.2) is 32.9 Å². The van der Waals surface area contributed by atoms with E-state index >= 15 is 0 Å². The number of hydrogen-bond donors (Lipinski definition) is 3. The van der Waals surface area contributed by atoms with Crippen LogP contribution in [0.4, 0.5) is 13.2 Å². The van der Waals surface area contributed by atoms with Crippen molar-refractivity contribution in [1.82, 2.24) is 14.7 Å². The zero-order valence-electron chi connectivity index (χ0n) is 19.7. The fraction of sp³-hybridized carbons (Fsp3) is 0.259. The van der Waals surface area contributed by atoms with Crippen molar-refractivity contribution < 1.29 is 23.1 Å². The molecule has 0 radical (unpaired) electrons. The number of amides is 1. The highest BCUT2D eigenvalue weighted by molar-refractivity contribution is 6.31. The summed E-state index contributed by atoms with van der Waals surface area (Å²) in [5.74, 6) is -5.22. The van der Waals surface area contributed by atoms with Gasteiger partial charge in [0.2, 0.25) is 0 Å². The number of hydrogen-bond acceptors (Lipinski definition) is 3. The van der Waals surface area contributed by atoms with Gasteiger partial charge in [0.05, 0.1) is 11.3 Å². The lowest BCUT2D eigenvalue weighted by atomic mass is 9.99. The molecule has 1 fully saturated rings. The van der Waals surface area contributed by atoms with Crippen molar-refractivity contribution in [2.75, 3.05) is 6.61 Å². The molecule has 2 aromatic carbocycles. The molecular weight excluding hydrogens is 507 g/mol. The highest BCUT2D eigenvalue weighted by Gasteiger charge is 2.42. The van der Waals surface area contributed by atoms with Crippen molar-refractivity contribution >= 4 is 23.0 Å². The number of halogens is 4. The van der Waals surface area contributed by atoms with Crippen LogP contribution in [0, 0.1) is 12.7 Å². The third-order valence-corrected chi connectivity index (χ3v) is 7.04. The Morgan fingerprint density at radius 1 is 1.22 bits per heavy atom. The third-order valence-electron chi connectivity index (χ3n) is 6.61. The molecule has 2 aromatic heterocycles. The zero-order chi connectivity index (χ0) is 26.5. The second-order valence-corrected chi connectivity index (χ2v) is 9.73. The fourth-order valence-electron chi connectivity index (χ4n) is 4.55. The van der Waals surface area contributed by atoms with Gasteiger partial charge in [0.25, 0.3) is 17.4 Å². The Morgan fingerprint density at radius 2 is 1.92 bits per heavy atom.